The van der Waals surface area contributed by atoms with Crippen LogP contribution in [-0.2, 0) is 17.7 Å². The zero-order valence-corrected chi connectivity index (χ0v) is 18.8. The van der Waals surface area contributed by atoms with E-state index in [1.165, 1.54) is 16.3 Å². The van der Waals surface area contributed by atoms with Crippen LogP contribution in [0, 0.1) is 13.8 Å². The Morgan fingerprint density at radius 2 is 1.94 bits per heavy atom. The number of benzene rings is 1. The molecule has 9 heteroatoms. The average Bonchev–Trinajstić information content (AvgIpc) is 3.25. The Bertz CT molecular complexity index is 1130. The molecule has 8 nitrogen and oxygen atoms in total. The third-order valence-corrected chi connectivity index (χ3v) is 6.10. The lowest BCUT2D eigenvalue weighted by Crippen LogP contribution is -2.21. The lowest BCUT2D eigenvalue weighted by Gasteiger charge is -2.11. The van der Waals surface area contributed by atoms with Crippen LogP contribution < -0.4 is 5.69 Å². The van der Waals surface area contributed by atoms with E-state index in [0.717, 1.165) is 5.56 Å². The molecule has 3 rings (SSSR count). The van der Waals surface area contributed by atoms with Gasteiger partial charge in [0.2, 0.25) is 0 Å². The van der Waals surface area contributed by atoms with Crippen molar-refractivity contribution in [1.82, 2.24) is 19.7 Å². The first-order valence-corrected chi connectivity index (χ1v) is 11.0. The number of ketones is 1. The Hall–Kier alpha value is -3.07. The van der Waals surface area contributed by atoms with Gasteiger partial charge in [0, 0.05) is 12.2 Å². The highest BCUT2D eigenvalue weighted by Crippen LogP contribution is 2.26. The molecule has 2 N–H and O–H groups in total. The molecule has 1 aromatic carbocycles. The van der Waals surface area contributed by atoms with Gasteiger partial charge in [0.1, 0.15) is 0 Å². The number of aryl methyl sites for hydroxylation is 2. The highest BCUT2D eigenvalue weighted by Gasteiger charge is 2.27. The van der Waals surface area contributed by atoms with Crippen LogP contribution in [0.5, 0.6) is 0 Å². The van der Waals surface area contributed by atoms with Crippen LogP contribution in [0.4, 0.5) is 0 Å². The van der Waals surface area contributed by atoms with E-state index >= 15 is 0 Å². The van der Waals surface area contributed by atoms with Crippen molar-refractivity contribution in [2.24, 2.45) is 0 Å². The highest BCUT2D eigenvalue weighted by atomic mass is 32.2. The second kappa shape index (κ2) is 9.82. The first-order valence-electron chi connectivity index (χ1n) is 10.1. The van der Waals surface area contributed by atoms with E-state index in [1.54, 1.807) is 27.7 Å². The zero-order chi connectivity index (χ0) is 22.5. The zero-order valence-electron chi connectivity index (χ0n) is 18.0. The molecule has 0 aliphatic rings. The Labute approximate surface area is 184 Å². The predicted octanol–water partition coefficient (Wildman–Crippen LogP) is 3.30. The van der Waals surface area contributed by atoms with Crippen molar-refractivity contribution in [3.8, 4) is 0 Å². The fraction of sp³-hybridized carbons (Fsp3) is 0.364. The van der Waals surface area contributed by atoms with Crippen molar-refractivity contribution >= 4 is 23.5 Å². The van der Waals surface area contributed by atoms with E-state index in [1.807, 2.05) is 30.3 Å². The molecular formula is C22H26N4O4S. The number of aromatic nitrogens is 4. The minimum atomic E-state index is -0.516. The van der Waals surface area contributed by atoms with Crippen LogP contribution in [0.15, 0.2) is 40.3 Å². The lowest BCUT2D eigenvalue weighted by atomic mass is 10.1. The number of esters is 1. The number of nitrogens with one attached hydrogen (secondary N) is 2. The summed E-state index contributed by atoms with van der Waals surface area (Å²) in [5.74, 6) is -0.624. The van der Waals surface area contributed by atoms with E-state index < -0.39 is 11.2 Å². The molecule has 0 spiro atoms. The summed E-state index contributed by atoms with van der Waals surface area (Å²) in [7, 11) is 0. The molecule has 2 aromatic heterocycles. The lowest BCUT2D eigenvalue weighted by molar-refractivity contribution is 0.0525. The number of carbonyl (C=O) groups is 2. The molecule has 0 radical (unpaired) electrons. The summed E-state index contributed by atoms with van der Waals surface area (Å²) in [5.41, 5.74) is 2.72. The van der Waals surface area contributed by atoms with Crippen LogP contribution in [0.1, 0.15) is 51.5 Å². The molecule has 2 heterocycles. The van der Waals surface area contributed by atoms with Crippen LogP contribution >= 0.6 is 11.8 Å². The third kappa shape index (κ3) is 4.99. The van der Waals surface area contributed by atoms with E-state index in [9.17, 15) is 14.4 Å². The second-order valence-corrected chi connectivity index (χ2v) is 8.48. The topological polar surface area (TPSA) is 110 Å². The molecule has 0 fully saturated rings. The van der Waals surface area contributed by atoms with E-state index in [2.05, 4.69) is 15.2 Å². The quantitative estimate of drug-likeness (QED) is 0.299. The maximum atomic E-state index is 13.1. The minimum absolute atomic E-state index is 0.175. The molecule has 164 valence electrons. The molecule has 1 atom stereocenters. The third-order valence-electron chi connectivity index (χ3n) is 5.01. The van der Waals surface area contributed by atoms with Gasteiger partial charge in [0.15, 0.2) is 10.9 Å². The van der Waals surface area contributed by atoms with Crippen LogP contribution in [0.3, 0.4) is 0 Å². The van der Waals surface area contributed by atoms with Gasteiger partial charge in [0.05, 0.1) is 23.1 Å². The molecule has 3 aromatic rings. The van der Waals surface area contributed by atoms with Crippen LogP contribution in [0.2, 0.25) is 0 Å². The summed E-state index contributed by atoms with van der Waals surface area (Å²) in [4.78, 5) is 40.5. The fourth-order valence-electron chi connectivity index (χ4n) is 3.40. The minimum Gasteiger partial charge on any atom is -0.462 e. The number of Topliss-reactive ketones (excluding diaryl/α,β-unsaturated/α-hetero) is 1. The second-order valence-electron chi connectivity index (χ2n) is 7.17. The molecular weight excluding hydrogens is 416 g/mol. The SMILES string of the molecule is CCOC(=O)c1c(C)[nH]c(C(=O)[C@@H](C)Sc2n[nH]c(=O)n2CCc2ccccc2)c1C. The summed E-state index contributed by atoms with van der Waals surface area (Å²) < 4.78 is 6.63. The monoisotopic (exact) mass is 442 g/mol. The number of hydrogen-bond acceptors (Lipinski definition) is 6. The molecule has 0 saturated heterocycles. The molecule has 0 aliphatic carbocycles. The van der Waals surface area contributed by atoms with Crippen molar-refractivity contribution in [2.75, 3.05) is 6.61 Å². The first kappa shape index (κ1) is 22.6. The van der Waals surface area contributed by atoms with E-state index in [-0.39, 0.29) is 18.1 Å². The molecule has 0 saturated carbocycles. The van der Waals surface area contributed by atoms with Gasteiger partial charge in [0.25, 0.3) is 0 Å². The first-order chi connectivity index (χ1) is 14.8. The van der Waals surface area contributed by atoms with Gasteiger partial charge in [-0.2, -0.15) is 0 Å². The van der Waals surface area contributed by atoms with Crippen LogP contribution in [0.25, 0.3) is 0 Å². The number of H-pyrrole nitrogens is 2. The molecule has 31 heavy (non-hydrogen) atoms. The average molecular weight is 443 g/mol. The standard InChI is InChI=1S/C22H26N4O4S/c1-5-30-20(28)17-13(2)18(23-14(17)3)19(27)15(4)31-22-25-24-21(29)26(22)12-11-16-9-7-6-8-10-16/h6-10,15,23H,5,11-12H2,1-4H3,(H,24,29)/t15-/m1/s1. The highest BCUT2D eigenvalue weighted by molar-refractivity contribution is 8.00. The Morgan fingerprint density at radius 1 is 1.23 bits per heavy atom. The fourth-order valence-corrected chi connectivity index (χ4v) is 4.34. The number of thioether (sulfide) groups is 1. The smallest absolute Gasteiger partial charge is 0.343 e. The van der Waals surface area contributed by atoms with Gasteiger partial charge in [-0.05, 0) is 45.2 Å². The van der Waals surface area contributed by atoms with Gasteiger partial charge in [-0.15, -0.1) is 5.10 Å². The van der Waals surface area contributed by atoms with Crippen molar-refractivity contribution in [2.45, 2.75) is 51.1 Å². The van der Waals surface area contributed by atoms with Crippen molar-refractivity contribution in [1.29, 1.82) is 0 Å². The van der Waals surface area contributed by atoms with Gasteiger partial charge >= 0.3 is 11.7 Å². The van der Waals surface area contributed by atoms with Gasteiger partial charge < -0.3 is 9.72 Å². The number of rotatable bonds is 9. The predicted molar refractivity (Wildman–Crippen MR) is 119 cm³/mol. The number of nitrogens with zero attached hydrogens (tertiary/aromatic N) is 2. The van der Waals surface area contributed by atoms with Gasteiger partial charge in [-0.1, -0.05) is 42.1 Å². The van der Waals surface area contributed by atoms with E-state index in [0.29, 0.717) is 40.6 Å². The summed E-state index contributed by atoms with van der Waals surface area (Å²) in [5, 5.41) is 6.50. The summed E-state index contributed by atoms with van der Waals surface area (Å²) in [6.45, 7) is 7.68. The molecule has 0 bridgehead atoms. The largest absolute Gasteiger partial charge is 0.462 e. The molecule has 0 unspecified atom stereocenters. The molecule has 0 aliphatic heterocycles. The van der Waals surface area contributed by atoms with Crippen molar-refractivity contribution in [3.63, 3.8) is 0 Å². The van der Waals surface area contributed by atoms with Gasteiger partial charge in [-0.25, -0.2) is 14.7 Å². The van der Waals surface area contributed by atoms with Crippen molar-refractivity contribution in [3.05, 3.63) is 68.9 Å². The number of ether oxygens (including phenoxy) is 1. The van der Waals surface area contributed by atoms with Crippen molar-refractivity contribution < 1.29 is 14.3 Å². The van der Waals surface area contributed by atoms with E-state index in [4.69, 9.17) is 4.74 Å². The summed E-state index contributed by atoms with van der Waals surface area (Å²) in [6, 6.07) is 9.85. The van der Waals surface area contributed by atoms with Gasteiger partial charge in [-0.3, -0.25) is 9.36 Å². The normalized spacial score (nSPS) is 12.0. The Balaban J connectivity index is 1.76. The number of aromatic amines is 2. The Kier molecular flexibility index (Phi) is 7.17. The molecule has 0 amide bonds. The summed E-state index contributed by atoms with van der Waals surface area (Å²) in [6.07, 6.45) is 0.675. The number of carbonyl (C=O) groups excluding carboxylic acids is 2. The van der Waals surface area contributed by atoms with Crippen LogP contribution in [-0.4, -0.2) is 43.4 Å². The Morgan fingerprint density at radius 3 is 2.61 bits per heavy atom. The maximum Gasteiger partial charge on any atom is 0.343 e. The number of hydrogen-bond donors (Lipinski definition) is 2. The summed E-state index contributed by atoms with van der Waals surface area (Å²) >= 11 is 1.21. The maximum absolute atomic E-state index is 13.1.